The maximum absolute atomic E-state index is 13.0. The van der Waals surface area contributed by atoms with Gasteiger partial charge in [-0.1, -0.05) is 60.7 Å². The fourth-order valence-corrected chi connectivity index (χ4v) is 6.29. The van der Waals surface area contributed by atoms with Crippen molar-refractivity contribution in [2.75, 3.05) is 24.1 Å². The van der Waals surface area contributed by atoms with Crippen molar-refractivity contribution in [3.63, 3.8) is 0 Å². The maximum Gasteiger partial charge on any atom is 0.323 e. The number of amides is 2. The molecule has 0 spiro atoms. The molecular formula is C39H50N4O7. The zero-order valence-electron chi connectivity index (χ0n) is 29.2. The molecule has 3 aromatic carbocycles. The summed E-state index contributed by atoms with van der Waals surface area (Å²) in [5, 5.41) is 15.2. The van der Waals surface area contributed by atoms with Crippen molar-refractivity contribution in [2.24, 2.45) is 0 Å². The van der Waals surface area contributed by atoms with E-state index in [0.717, 1.165) is 41.6 Å². The first kappa shape index (κ1) is 37.0. The highest BCUT2D eigenvalue weighted by Gasteiger charge is 2.39. The minimum atomic E-state index is -0.639. The Kier molecular flexibility index (Phi) is 12.6. The summed E-state index contributed by atoms with van der Waals surface area (Å²) in [5.74, 6) is -0.519. The van der Waals surface area contributed by atoms with Gasteiger partial charge < -0.3 is 35.7 Å². The largest absolute Gasteiger partial charge is 0.459 e. The topological polar surface area (TPSA) is 152 Å². The average Bonchev–Trinajstić information content (AvgIpc) is 3.56. The third-order valence-electron chi connectivity index (χ3n) is 8.88. The number of carbonyl (C=O) groups excluding carboxylic acids is 3. The molecule has 0 unspecified atom stereocenters. The number of carbonyl (C=O) groups is 3. The van der Waals surface area contributed by atoms with Crippen LogP contribution in [0.2, 0.25) is 0 Å². The van der Waals surface area contributed by atoms with Gasteiger partial charge in [0.1, 0.15) is 11.6 Å². The summed E-state index contributed by atoms with van der Waals surface area (Å²) in [6.45, 7) is 7.34. The second-order valence-electron chi connectivity index (χ2n) is 14.0. The number of nitrogens with two attached hydrogens (primary N) is 1. The number of likely N-dealkylation sites (tertiary alicyclic amines) is 1. The molecule has 0 aliphatic carbocycles. The number of nitrogen functional groups attached to an aromatic ring is 1. The van der Waals surface area contributed by atoms with Crippen LogP contribution in [0.15, 0.2) is 72.8 Å². The summed E-state index contributed by atoms with van der Waals surface area (Å²) in [7, 11) is 0. The minimum Gasteiger partial charge on any atom is -0.459 e. The molecule has 0 radical (unpaired) electrons. The van der Waals surface area contributed by atoms with Crippen molar-refractivity contribution in [3.05, 3.63) is 95.1 Å². The zero-order valence-corrected chi connectivity index (χ0v) is 29.2. The number of rotatable bonds is 13. The molecule has 2 saturated heterocycles. The van der Waals surface area contributed by atoms with Crippen molar-refractivity contribution in [3.8, 4) is 0 Å². The summed E-state index contributed by atoms with van der Waals surface area (Å²) in [6.07, 6.45) is 2.05. The van der Waals surface area contributed by atoms with Crippen LogP contribution < -0.4 is 16.4 Å². The van der Waals surface area contributed by atoms with Crippen LogP contribution in [-0.4, -0.2) is 58.6 Å². The lowest BCUT2D eigenvalue weighted by Gasteiger charge is -2.38. The molecule has 50 heavy (non-hydrogen) atoms. The van der Waals surface area contributed by atoms with E-state index in [9.17, 15) is 19.5 Å². The number of esters is 1. The van der Waals surface area contributed by atoms with Crippen LogP contribution in [0.5, 0.6) is 0 Å². The quantitative estimate of drug-likeness (QED) is 0.134. The Morgan fingerprint density at radius 3 is 2.30 bits per heavy atom. The highest BCUT2D eigenvalue weighted by molar-refractivity contribution is 5.94. The van der Waals surface area contributed by atoms with Crippen molar-refractivity contribution in [1.82, 2.24) is 10.2 Å². The van der Waals surface area contributed by atoms with Crippen LogP contribution in [0.25, 0.3) is 0 Å². The number of ether oxygens (including phenoxy) is 3. The van der Waals surface area contributed by atoms with Crippen LogP contribution in [0.1, 0.15) is 93.9 Å². The SMILES string of the molecule is CC(C)(C)OC(=O)[C@@H]1CCCN1C[C@@H]1C[C@H](c2ccc(CO)cc2)O[C@H](c2ccc(CNC(=O)CCCC(=O)Nc3ccccc3N)cc2)O1. The summed E-state index contributed by atoms with van der Waals surface area (Å²) in [6, 6.07) is 22.3. The molecule has 2 amide bonds. The summed E-state index contributed by atoms with van der Waals surface area (Å²) >= 11 is 0. The normalized spacial score (nSPS) is 21.0. The molecule has 5 rings (SSSR count). The number of para-hydroxylation sites is 2. The third kappa shape index (κ3) is 10.6. The fourth-order valence-electron chi connectivity index (χ4n) is 6.29. The van der Waals surface area contributed by atoms with Gasteiger partial charge in [0, 0.05) is 37.9 Å². The highest BCUT2D eigenvalue weighted by atomic mass is 16.7. The number of aliphatic hydroxyl groups is 1. The molecule has 268 valence electrons. The van der Waals surface area contributed by atoms with Crippen LogP contribution in [0, 0.1) is 0 Å². The molecule has 5 N–H and O–H groups in total. The molecule has 0 saturated carbocycles. The van der Waals surface area contributed by atoms with E-state index in [1.54, 1.807) is 24.3 Å². The Morgan fingerprint density at radius 2 is 1.60 bits per heavy atom. The van der Waals surface area contributed by atoms with Crippen molar-refractivity contribution >= 4 is 29.2 Å². The molecule has 0 aromatic heterocycles. The van der Waals surface area contributed by atoms with Crippen LogP contribution in [0.4, 0.5) is 11.4 Å². The lowest BCUT2D eigenvalue weighted by atomic mass is 9.99. The minimum absolute atomic E-state index is 0.0319. The van der Waals surface area contributed by atoms with Gasteiger partial charge in [-0.15, -0.1) is 0 Å². The van der Waals surface area contributed by atoms with E-state index >= 15 is 0 Å². The molecule has 11 heteroatoms. The summed E-state index contributed by atoms with van der Waals surface area (Å²) in [5.41, 5.74) is 9.97. The second-order valence-corrected chi connectivity index (χ2v) is 14.0. The molecule has 4 atom stereocenters. The first-order chi connectivity index (χ1) is 24.0. The molecular weight excluding hydrogens is 636 g/mol. The smallest absolute Gasteiger partial charge is 0.323 e. The van der Waals surface area contributed by atoms with Crippen LogP contribution in [0.3, 0.4) is 0 Å². The first-order valence-electron chi connectivity index (χ1n) is 17.4. The van der Waals surface area contributed by atoms with Gasteiger partial charge in [0.25, 0.3) is 0 Å². The fraction of sp³-hybridized carbons (Fsp3) is 0.462. The van der Waals surface area contributed by atoms with Crippen molar-refractivity contribution in [2.45, 2.75) is 103 Å². The standard InChI is InChI=1S/C39H50N4O7/c1-39(2,3)50-37(47)33-10-7-21-43(33)24-30-22-34(28-17-15-27(25-44)16-18-28)49-38(48-30)29-19-13-26(14-20-29)23-41-35(45)11-6-12-36(46)42-32-9-5-4-8-31(32)40/h4-5,8-9,13-20,30,33-34,38,44H,6-7,10-12,21-25,40H2,1-3H3,(H,41,45)(H,42,46)/t30-,33-,34+,38+/m0/s1. The Morgan fingerprint density at radius 1 is 0.920 bits per heavy atom. The summed E-state index contributed by atoms with van der Waals surface area (Å²) < 4.78 is 18.8. The Bertz CT molecular complexity index is 1590. The number of anilines is 2. The van der Waals surface area contributed by atoms with E-state index in [2.05, 4.69) is 15.5 Å². The number of aliphatic hydroxyl groups excluding tert-OH is 1. The van der Waals surface area contributed by atoms with E-state index < -0.39 is 11.9 Å². The van der Waals surface area contributed by atoms with Crippen molar-refractivity contribution in [1.29, 1.82) is 0 Å². The Labute approximate surface area is 294 Å². The van der Waals surface area contributed by atoms with E-state index in [1.807, 2.05) is 69.3 Å². The lowest BCUT2D eigenvalue weighted by Crippen LogP contribution is -2.45. The molecule has 11 nitrogen and oxygen atoms in total. The monoisotopic (exact) mass is 686 g/mol. The van der Waals surface area contributed by atoms with Crippen LogP contribution in [-0.2, 0) is 41.7 Å². The van der Waals surface area contributed by atoms with Gasteiger partial charge in [0.2, 0.25) is 11.8 Å². The van der Waals surface area contributed by atoms with Gasteiger partial charge in [-0.05, 0) is 75.4 Å². The highest BCUT2D eigenvalue weighted by Crippen LogP contribution is 2.39. The summed E-state index contributed by atoms with van der Waals surface area (Å²) in [4.78, 5) is 40.0. The maximum atomic E-state index is 13.0. The molecule has 2 heterocycles. The lowest BCUT2D eigenvalue weighted by molar-refractivity contribution is -0.253. The first-order valence-corrected chi connectivity index (χ1v) is 17.4. The van der Waals surface area contributed by atoms with E-state index in [1.165, 1.54) is 0 Å². The Balaban J connectivity index is 1.17. The van der Waals surface area contributed by atoms with E-state index in [4.69, 9.17) is 19.9 Å². The zero-order chi connectivity index (χ0) is 35.7. The van der Waals surface area contributed by atoms with Gasteiger partial charge in [0.05, 0.1) is 30.2 Å². The number of hydrogen-bond donors (Lipinski definition) is 4. The number of benzene rings is 3. The van der Waals surface area contributed by atoms with Gasteiger partial charge in [-0.25, -0.2) is 0 Å². The van der Waals surface area contributed by atoms with Crippen LogP contribution >= 0.6 is 0 Å². The van der Waals surface area contributed by atoms with Gasteiger partial charge in [-0.3, -0.25) is 19.3 Å². The molecule has 3 aromatic rings. The molecule has 2 aliphatic heterocycles. The number of nitrogens with zero attached hydrogens (tertiary/aromatic N) is 1. The van der Waals surface area contributed by atoms with E-state index in [-0.39, 0.29) is 55.5 Å². The molecule has 0 bridgehead atoms. The number of nitrogens with one attached hydrogen (secondary N) is 2. The Hall–Kier alpha value is -4.29. The second kappa shape index (κ2) is 17.1. The van der Waals surface area contributed by atoms with Gasteiger partial charge in [0.15, 0.2) is 6.29 Å². The third-order valence-corrected chi connectivity index (χ3v) is 8.88. The van der Waals surface area contributed by atoms with E-state index in [0.29, 0.717) is 37.3 Å². The predicted molar refractivity (Wildman–Crippen MR) is 190 cm³/mol. The molecule has 2 aliphatic rings. The number of hydrogen-bond acceptors (Lipinski definition) is 9. The predicted octanol–water partition coefficient (Wildman–Crippen LogP) is 5.54. The van der Waals surface area contributed by atoms with Gasteiger partial charge >= 0.3 is 5.97 Å². The average molecular weight is 687 g/mol. The van der Waals surface area contributed by atoms with Crippen molar-refractivity contribution < 1.29 is 33.7 Å². The van der Waals surface area contributed by atoms with Gasteiger partial charge in [-0.2, -0.15) is 0 Å². The molecule has 2 fully saturated rings.